The molecule has 1 aromatic heterocycles. The largest absolute Gasteiger partial charge is 0.305 e. The molecule has 0 saturated heterocycles. The monoisotopic (exact) mass is 248 g/mol. The summed E-state index contributed by atoms with van der Waals surface area (Å²) < 4.78 is 26.4. The van der Waals surface area contributed by atoms with Gasteiger partial charge in [0.15, 0.2) is 0 Å². The van der Waals surface area contributed by atoms with E-state index >= 15 is 0 Å². The van der Waals surface area contributed by atoms with Crippen LogP contribution in [0.15, 0.2) is 42.6 Å². The Kier molecular flexibility index (Phi) is 3.99. The van der Waals surface area contributed by atoms with Crippen LogP contribution in [0.4, 0.5) is 8.78 Å². The third kappa shape index (κ3) is 3.11. The molecule has 0 saturated carbocycles. The predicted octanol–water partition coefficient (Wildman–Crippen LogP) is 3.21. The molecule has 4 heteroatoms. The molecule has 1 heterocycles. The molecule has 94 valence electrons. The highest BCUT2D eigenvalue weighted by molar-refractivity contribution is 5.19. The first kappa shape index (κ1) is 12.6. The van der Waals surface area contributed by atoms with Gasteiger partial charge in [-0.1, -0.05) is 6.07 Å². The smallest absolute Gasteiger partial charge is 0.127 e. The minimum absolute atomic E-state index is 0.0196. The maximum Gasteiger partial charge on any atom is 0.127 e. The summed E-state index contributed by atoms with van der Waals surface area (Å²) in [5.41, 5.74) is 1.19. The molecule has 0 unspecified atom stereocenters. The van der Waals surface area contributed by atoms with E-state index in [-0.39, 0.29) is 12.6 Å². The second-order valence-corrected chi connectivity index (χ2v) is 4.09. The van der Waals surface area contributed by atoms with Crippen LogP contribution in [0.25, 0.3) is 0 Å². The van der Waals surface area contributed by atoms with Crippen molar-refractivity contribution in [3.63, 3.8) is 0 Å². The molecule has 0 fully saturated rings. The summed E-state index contributed by atoms with van der Waals surface area (Å²) in [6.45, 7) is 2.20. The number of hydrogen-bond acceptors (Lipinski definition) is 2. The lowest BCUT2D eigenvalue weighted by molar-refractivity contribution is 0.529. The quantitative estimate of drug-likeness (QED) is 0.898. The maximum absolute atomic E-state index is 13.4. The van der Waals surface area contributed by atoms with E-state index in [0.29, 0.717) is 5.56 Å². The molecule has 2 aromatic rings. The van der Waals surface area contributed by atoms with Crippen LogP contribution < -0.4 is 5.32 Å². The van der Waals surface area contributed by atoms with Crippen molar-refractivity contribution in [3.8, 4) is 0 Å². The standard InChI is InChI=1S/C14H14F2N2/c1-10(14-4-2-3-7-17-14)18-9-11-8-12(15)5-6-13(11)16/h2-8,10,18H,9H2,1H3/t10-/m0/s1. The first-order valence-corrected chi connectivity index (χ1v) is 5.75. The van der Waals surface area contributed by atoms with Crippen molar-refractivity contribution in [3.05, 3.63) is 65.5 Å². The van der Waals surface area contributed by atoms with E-state index in [1.807, 2.05) is 25.1 Å². The summed E-state index contributed by atoms with van der Waals surface area (Å²) in [5, 5.41) is 3.11. The highest BCUT2D eigenvalue weighted by Crippen LogP contribution is 2.13. The molecule has 0 amide bonds. The molecule has 1 N–H and O–H groups in total. The second kappa shape index (κ2) is 5.69. The van der Waals surface area contributed by atoms with Crippen LogP contribution in [0.1, 0.15) is 24.2 Å². The normalized spacial score (nSPS) is 12.4. The summed E-state index contributed by atoms with van der Waals surface area (Å²) in [7, 11) is 0. The molecule has 2 rings (SSSR count). The van der Waals surface area contributed by atoms with Gasteiger partial charge in [0.1, 0.15) is 11.6 Å². The number of nitrogens with one attached hydrogen (secondary N) is 1. The number of hydrogen-bond donors (Lipinski definition) is 1. The molecule has 0 aliphatic carbocycles. The zero-order valence-electron chi connectivity index (χ0n) is 10.0. The first-order valence-electron chi connectivity index (χ1n) is 5.75. The molecular weight excluding hydrogens is 234 g/mol. The topological polar surface area (TPSA) is 24.9 Å². The molecule has 0 aliphatic heterocycles. The van der Waals surface area contributed by atoms with E-state index in [2.05, 4.69) is 10.3 Å². The summed E-state index contributed by atoms with van der Waals surface area (Å²) in [5.74, 6) is -0.837. The van der Waals surface area contributed by atoms with Gasteiger partial charge in [-0.3, -0.25) is 4.98 Å². The first-order chi connectivity index (χ1) is 8.66. The predicted molar refractivity (Wildman–Crippen MR) is 65.8 cm³/mol. The Morgan fingerprint density at radius 3 is 2.78 bits per heavy atom. The summed E-state index contributed by atoms with van der Waals surface area (Å²) in [4.78, 5) is 4.20. The fourth-order valence-electron chi connectivity index (χ4n) is 1.68. The minimum atomic E-state index is -0.432. The number of aromatic nitrogens is 1. The second-order valence-electron chi connectivity index (χ2n) is 4.09. The van der Waals surface area contributed by atoms with Crippen LogP contribution in [0, 0.1) is 11.6 Å². The fraction of sp³-hybridized carbons (Fsp3) is 0.214. The van der Waals surface area contributed by atoms with Gasteiger partial charge in [-0.15, -0.1) is 0 Å². The van der Waals surface area contributed by atoms with Gasteiger partial charge in [-0.25, -0.2) is 8.78 Å². The van der Waals surface area contributed by atoms with Crippen molar-refractivity contribution in [2.75, 3.05) is 0 Å². The van der Waals surface area contributed by atoms with Crippen LogP contribution in [0.3, 0.4) is 0 Å². The van der Waals surface area contributed by atoms with Crippen LogP contribution in [0.5, 0.6) is 0 Å². The summed E-state index contributed by atoms with van der Waals surface area (Å²) in [6.07, 6.45) is 1.70. The Hall–Kier alpha value is -1.81. The van der Waals surface area contributed by atoms with Gasteiger partial charge in [0.05, 0.1) is 5.69 Å². The molecule has 1 atom stereocenters. The maximum atomic E-state index is 13.4. The molecule has 0 aliphatic rings. The number of pyridine rings is 1. The highest BCUT2D eigenvalue weighted by Gasteiger charge is 2.08. The SMILES string of the molecule is C[C@H](NCc1cc(F)ccc1F)c1ccccn1. The van der Waals surface area contributed by atoms with Crippen molar-refractivity contribution < 1.29 is 8.78 Å². The van der Waals surface area contributed by atoms with E-state index in [4.69, 9.17) is 0 Å². The average molecular weight is 248 g/mol. The lowest BCUT2D eigenvalue weighted by atomic mass is 10.1. The third-order valence-corrected chi connectivity index (χ3v) is 2.74. The van der Waals surface area contributed by atoms with Gasteiger partial charge < -0.3 is 5.32 Å². The lowest BCUT2D eigenvalue weighted by Gasteiger charge is -2.13. The van der Waals surface area contributed by atoms with Crippen molar-refractivity contribution >= 4 is 0 Å². The Labute approximate surface area is 105 Å². The van der Waals surface area contributed by atoms with Crippen LogP contribution in [0.2, 0.25) is 0 Å². The van der Waals surface area contributed by atoms with Gasteiger partial charge in [0.2, 0.25) is 0 Å². The zero-order valence-corrected chi connectivity index (χ0v) is 10.0. The fourth-order valence-corrected chi connectivity index (χ4v) is 1.68. The number of nitrogens with zero attached hydrogens (tertiary/aromatic N) is 1. The van der Waals surface area contributed by atoms with Gasteiger partial charge in [0, 0.05) is 24.3 Å². The van der Waals surface area contributed by atoms with E-state index < -0.39 is 11.6 Å². The molecule has 2 nitrogen and oxygen atoms in total. The van der Waals surface area contributed by atoms with E-state index in [1.54, 1.807) is 6.20 Å². The van der Waals surface area contributed by atoms with Crippen molar-refractivity contribution in [1.29, 1.82) is 0 Å². The number of halogens is 2. The Morgan fingerprint density at radius 1 is 1.22 bits per heavy atom. The molecular formula is C14H14F2N2. The summed E-state index contributed by atoms with van der Waals surface area (Å²) in [6, 6.07) is 9.05. The minimum Gasteiger partial charge on any atom is -0.305 e. The average Bonchev–Trinajstić information content (AvgIpc) is 2.40. The van der Waals surface area contributed by atoms with E-state index in [0.717, 1.165) is 17.8 Å². The summed E-state index contributed by atoms with van der Waals surface area (Å²) >= 11 is 0. The van der Waals surface area contributed by atoms with Crippen LogP contribution >= 0.6 is 0 Å². The third-order valence-electron chi connectivity index (χ3n) is 2.74. The van der Waals surface area contributed by atoms with E-state index in [1.165, 1.54) is 6.07 Å². The molecule has 0 spiro atoms. The zero-order chi connectivity index (χ0) is 13.0. The Morgan fingerprint density at radius 2 is 2.06 bits per heavy atom. The lowest BCUT2D eigenvalue weighted by Crippen LogP contribution is -2.19. The van der Waals surface area contributed by atoms with Gasteiger partial charge >= 0.3 is 0 Å². The number of rotatable bonds is 4. The number of benzene rings is 1. The van der Waals surface area contributed by atoms with E-state index in [9.17, 15) is 8.78 Å². The van der Waals surface area contributed by atoms with Crippen molar-refractivity contribution in [2.45, 2.75) is 19.5 Å². The highest BCUT2D eigenvalue weighted by atomic mass is 19.1. The van der Waals surface area contributed by atoms with Crippen molar-refractivity contribution in [1.82, 2.24) is 10.3 Å². The Bertz CT molecular complexity index is 514. The molecule has 0 bridgehead atoms. The van der Waals surface area contributed by atoms with Gasteiger partial charge in [-0.05, 0) is 37.3 Å². The molecule has 1 aromatic carbocycles. The Balaban J connectivity index is 2.01. The van der Waals surface area contributed by atoms with Gasteiger partial charge in [0.25, 0.3) is 0 Å². The van der Waals surface area contributed by atoms with Gasteiger partial charge in [-0.2, -0.15) is 0 Å². The van der Waals surface area contributed by atoms with Crippen molar-refractivity contribution in [2.24, 2.45) is 0 Å². The van der Waals surface area contributed by atoms with Crippen LogP contribution in [-0.2, 0) is 6.54 Å². The molecule has 0 radical (unpaired) electrons. The van der Waals surface area contributed by atoms with Crippen LogP contribution in [-0.4, -0.2) is 4.98 Å². The molecule has 18 heavy (non-hydrogen) atoms.